The minimum atomic E-state index is -1.06. The maximum Gasteiger partial charge on any atom is 0.322 e. The van der Waals surface area contributed by atoms with Gasteiger partial charge in [0.1, 0.15) is 6.54 Å². The number of hydrogen-bond acceptors (Lipinski definition) is 3. The highest BCUT2D eigenvalue weighted by Crippen LogP contribution is 2.01. The van der Waals surface area contributed by atoms with Crippen molar-refractivity contribution in [3.63, 3.8) is 0 Å². The van der Waals surface area contributed by atoms with Gasteiger partial charge in [-0.3, -0.25) is 9.59 Å². The van der Waals surface area contributed by atoms with Crippen LogP contribution < -0.4 is 11.1 Å². The van der Waals surface area contributed by atoms with E-state index < -0.39 is 17.9 Å². The molecule has 0 aromatic heterocycles. The molecule has 84 valence electrons. The fourth-order valence-electron chi connectivity index (χ4n) is 0.909. The Bertz CT molecular complexity index is 197. The zero-order valence-electron chi connectivity index (χ0n) is 8.32. The van der Waals surface area contributed by atoms with Crippen molar-refractivity contribution in [1.29, 1.82) is 0 Å². The van der Waals surface area contributed by atoms with Crippen molar-refractivity contribution in [2.24, 2.45) is 11.7 Å². The molecule has 0 heterocycles. The summed E-state index contributed by atoms with van der Waals surface area (Å²) in [4.78, 5) is 21.2. The standard InChI is InChI=1S/C8H16N2O3.ClH/c1-5(2)3-6(9)8(13)10-4-7(11)12;/h5-6H,3-4,9H2,1-2H3,(H,10,13)(H,11,12);1H. The first-order valence-corrected chi connectivity index (χ1v) is 4.18. The number of rotatable bonds is 5. The third-order valence-corrected chi connectivity index (χ3v) is 1.48. The minimum absolute atomic E-state index is 0. The van der Waals surface area contributed by atoms with Crippen LogP contribution in [0.3, 0.4) is 0 Å². The number of hydrogen-bond donors (Lipinski definition) is 3. The lowest BCUT2D eigenvalue weighted by Gasteiger charge is -2.12. The molecule has 0 bridgehead atoms. The zero-order chi connectivity index (χ0) is 10.4. The average Bonchev–Trinajstić information content (AvgIpc) is 1.98. The lowest BCUT2D eigenvalue weighted by atomic mass is 10.0. The Labute approximate surface area is 89.5 Å². The van der Waals surface area contributed by atoms with Gasteiger partial charge < -0.3 is 16.2 Å². The maximum absolute atomic E-state index is 11.1. The first-order chi connectivity index (χ1) is 5.93. The van der Waals surface area contributed by atoms with Gasteiger partial charge in [0.05, 0.1) is 6.04 Å². The maximum atomic E-state index is 11.1. The van der Waals surface area contributed by atoms with E-state index in [1.807, 2.05) is 13.8 Å². The van der Waals surface area contributed by atoms with Gasteiger partial charge in [0, 0.05) is 0 Å². The Morgan fingerprint density at radius 3 is 2.29 bits per heavy atom. The van der Waals surface area contributed by atoms with Crippen molar-refractivity contribution in [2.75, 3.05) is 6.54 Å². The molecule has 0 aliphatic rings. The molecule has 1 atom stereocenters. The predicted octanol–water partition coefficient (Wildman–Crippen LogP) is -0.0176. The summed E-state index contributed by atoms with van der Waals surface area (Å²) in [5.41, 5.74) is 5.50. The summed E-state index contributed by atoms with van der Waals surface area (Å²) in [6.07, 6.45) is 0.561. The highest BCUT2D eigenvalue weighted by atomic mass is 35.5. The van der Waals surface area contributed by atoms with Crippen LogP contribution in [-0.2, 0) is 9.59 Å². The third kappa shape index (κ3) is 7.82. The van der Waals surface area contributed by atoms with Gasteiger partial charge in [-0.2, -0.15) is 0 Å². The number of carbonyl (C=O) groups excluding carboxylic acids is 1. The van der Waals surface area contributed by atoms with Crippen molar-refractivity contribution < 1.29 is 14.7 Å². The molecule has 0 aliphatic heterocycles. The molecule has 6 heteroatoms. The molecule has 0 radical (unpaired) electrons. The summed E-state index contributed by atoms with van der Waals surface area (Å²) in [5.74, 6) is -1.15. The third-order valence-electron chi connectivity index (χ3n) is 1.48. The minimum Gasteiger partial charge on any atom is -0.480 e. The second-order valence-electron chi connectivity index (χ2n) is 3.35. The molecule has 4 N–H and O–H groups in total. The number of halogens is 1. The van der Waals surface area contributed by atoms with E-state index in [-0.39, 0.29) is 19.0 Å². The molecular formula is C8H17ClN2O3. The van der Waals surface area contributed by atoms with Crippen LogP contribution in [0, 0.1) is 5.92 Å². The van der Waals surface area contributed by atoms with Crippen molar-refractivity contribution in [3.8, 4) is 0 Å². The predicted molar refractivity (Wildman–Crippen MR) is 55.3 cm³/mol. The first kappa shape index (κ1) is 15.7. The van der Waals surface area contributed by atoms with Gasteiger partial charge in [0.2, 0.25) is 5.91 Å². The molecule has 5 nitrogen and oxygen atoms in total. The van der Waals surface area contributed by atoms with E-state index in [1.165, 1.54) is 0 Å². The van der Waals surface area contributed by atoms with Gasteiger partial charge in [-0.25, -0.2) is 0 Å². The number of nitrogens with one attached hydrogen (secondary N) is 1. The topological polar surface area (TPSA) is 92.4 Å². The molecule has 1 amide bonds. The van der Waals surface area contributed by atoms with E-state index in [4.69, 9.17) is 10.8 Å². The van der Waals surface area contributed by atoms with Crippen molar-refractivity contribution in [1.82, 2.24) is 5.32 Å². The van der Waals surface area contributed by atoms with Gasteiger partial charge in [0.15, 0.2) is 0 Å². The van der Waals surface area contributed by atoms with Gasteiger partial charge >= 0.3 is 5.97 Å². The van der Waals surface area contributed by atoms with Crippen LogP contribution in [0.15, 0.2) is 0 Å². The molecule has 0 aromatic carbocycles. The molecule has 14 heavy (non-hydrogen) atoms. The molecular weight excluding hydrogens is 208 g/mol. The lowest BCUT2D eigenvalue weighted by Crippen LogP contribution is -2.43. The number of aliphatic carboxylic acids is 1. The Balaban J connectivity index is 0. The normalized spacial score (nSPS) is 11.7. The van der Waals surface area contributed by atoms with E-state index >= 15 is 0 Å². The smallest absolute Gasteiger partial charge is 0.322 e. The van der Waals surface area contributed by atoms with E-state index in [0.717, 1.165) is 0 Å². The monoisotopic (exact) mass is 224 g/mol. The van der Waals surface area contributed by atoms with Crippen LogP contribution in [-0.4, -0.2) is 29.6 Å². The van der Waals surface area contributed by atoms with Gasteiger partial charge in [-0.1, -0.05) is 13.8 Å². The molecule has 0 spiro atoms. The van der Waals surface area contributed by atoms with Gasteiger partial charge in [-0.15, -0.1) is 12.4 Å². The zero-order valence-corrected chi connectivity index (χ0v) is 9.13. The summed E-state index contributed by atoms with van der Waals surface area (Å²) in [6.45, 7) is 3.53. The quantitative estimate of drug-likeness (QED) is 0.612. The molecule has 0 saturated carbocycles. The summed E-state index contributed by atoms with van der Waals surface area (Å²) in [7, 11) is 0. The van der Waals surface area contributed by atoms with Gasteiger partial charge in [0.25, 0.3) is 0 Å². The van der Waals surface area contributed by atoms with Crippen LogP contribution in [0.25, 0.3) is 0 Å². The molecule has 0 rings (SSSR count). The number of nitrogens with two attached hydrogens (primary N) is 1. The Morgan fingerprint density at radius 2 is 1.93 bits per heavy atom. The van der Waals surface area contributed by atoms with E-state index in [0.29, 0.717) is 12.3 Å². The van der Waals surface area contributed by atoms with Crippen molar-refractivity contribution in [3.05, 3.63) is 0 Å². The number of carboxylic acid groups (broad SMARTS) is 1. The second-order valence-corrected chi connectivity index (χ2v) is 3.35. The highest BCUT2D eigenvalue weighted by Gasteiger charge is 2.14. The fourth-order valence-corrected chi connectivity index (χ4v) is 0.909. The number of carboxylic acids is 1. The summed E-state index contributed by atoms with van der Waals surface area (Å²) < 4.78 is 0. The van der Waals surface area contributed by atoms with Gasteiger partial charge in [-0.05, 0) is 12.3 Å². The Morgan fingerprint density at radius 1 is 1.43 bits per heavy atom. The molecule has 1 unspecified atom stereocenters. The first-order valence-electron chi connectivity index (χ1n) is 4.18. The number of amides is 1. The van der Waals surface area contributed by atoms with E-state index in [9.17, 15) is 9.59 Å². The SMILES string of the molecule is CC(C)CC(N)C(=O)NCC(=O)O.Cl. The lowest BCUT2D eigenvalue weighted by molar-refractivity contribution is -0.138. The Hall–Kier alpha value is -0.810. The van der Waals surface area contributed by atoms with Crippen LogP contribution >= 0.6 is 12.4 Å². The van der Waals surface area contributed by atoms with Crippen LogP contribution in [0.1, 0.15) is 20.3 Å². The molecule has 0 aromatic rings. The number of carbonyl (C=O) groups is 2. The fraction of sp³-hybridized carbons (Fsp3) is 0.750. The molecule has 0 aliphatic carbocycles. The van der Waals surface area contributed by atoms with Crippen molar-refractivity contribution in [2.45, 2.75) is 26.3 Å². The Kier molecular flexibility index (Phi) is 8.48. The average molecular weight is 225 g/mol. The van der Waals surface area contributed by atoms with Crippen LogP contribution in [0.2, 0.25) is 0 Å². The van der Waals surface area contributed by atoms with E-state index in [1.54, 1.807) is 0 Å². The summed E-state index contributed by atoms with van der Waals surface area (Å²) in [6, 6.07) is -0.612. The highest BCUT2D eigenvalue weighted by molar-refractivity contribution is 5.85. The van der Waals surface area contributed by atoms with Crippen LogP contribution in [0.5, 0.6) is 0 Å². The molecule has 0 saturated heterocycles. The largest absolute Gasteiger partial charge is 0.480 e. The van der Waals surface area contributed by atoms with Crippen LogP contribution in [0.4, 0.5) is 0 Å². The second kappa shape index (κ2) is 7.58. The van der Waals surface area contributed by atoms with Crippen molar-refractivity contribution >= 4 is 24.3 Å². The van der Waals surface area contributed by atoms with E-state index in [2.05, 4.69) is 5.32 Å². The molecule has 0 fully saturated rings. The summed E-state index contributed by atoms with van der Waals surface area (Å²) in [5, 5.41) is 10.5. The summed E-state index contributed by atoms with van der Waals surface area (Å²) >= 11 is 0.